The zero-order chi connectivity index (χ0) is 12.3. The standard InChI is InChI=1S/C14H20ClNO/c1-11-9-14(11,10-16-6-7-17-2)12-4-3-5-13(15)8-12/h3-5,8,11,16H,6-7,9-10H2,1-2H3. The lowest BCUT2D eigenvalue weighted by atomic mass is 9.93. The molecule has 3 heteroatoms. The first-order valence-electron chi connectivity index (χ1n) is 6.15. The molecule has 1 fully saturated rings. The molecule has 2 atom stereocenters. The second kappa shape index (κ2) is 5.38. The topological polar surface area (TPSA) is 21.3 Å². The molecule has 17 heavy (non-hydrogen) atoms. The fourth-order valence-electron chi connectivity index (χ4n) is 2.52. The first-order chi connectivity index (χ1) is 8.19. The molecular weight excluding hydrogens is 234 g/mol. The monoisotopic (exact) mass is 253 g/mol. The van der Waals surface area contributed by atoms with Crippen molar-refractivity contribution in [3.63, 3.8) is 0 Å². The molecule has 0 saturated heterocycles. The molecular formula is C14H20ClNO. The minimum atomic E-state index is 0.290. The van der Waals surface area contributed by atoms with Gasteiger partial charge in [-0.3, -0.25) is 0 Å². The smallest absolute Gasteiger partial charge is 0.0587 e. The quantitative estimate of drug-likeness (QED) is 0.788. The van der Waals surface area contributed by atoms with Gasteiger partial charge in [0.1, 0.15) is 0 Å². The summed E-state index contributed by atoms with van der Waals surface area (Å²) in [6.45, 7) is 4.99. The van der Waals surface area contributed by atoms with E-state index in [4.69, 9.17) is 16.3 Å². The third-order valence-electron chi connectivity index (χ3n) is 3.78. The van der Waals surface area contributed by atoms with Crippen LogP contribution >= 0.6 is 11.6 Å². The molecule has 1 aliphatic carbocycles. The van der Waals surface area contributed by atoms with E-state index >= 15 is 0 Å². The second-order valence-electron chi connectivity index (χ2n) is 4.94. The maximum absolute atomic E-state index is 6.07. The average molecular weight is 254 g/mol. The Hall–Kier alpha value is -0.570. The van der Waals surface area contributed by atoms with Crippen LogP contribution in [0.4, 0.5) is 0 Å². The van der Waals surface area contributed by atoms with Gasteiger partial charge in [0.2, 0.25) is 0 Å². The molecule has 1 saturated carbocycles. The third kappa shape index (κ3) is 2.82. The van der Waals surface area contributed by atoms with E-state index in [0.717, 1.165) is 30.6 Å². The third-order valence-corrected chi connectivity index (χ3v) is 4.01. The molecule has 2 unspecified atom stereocenters. The van der Waals surface area contributed by atoms with Crippen molar-refractivity contribution in [3.8, 4) is 0 Å². The van der Waals surface area contributed by atoms with Gasteiger partial charge < -0.3 is 10.1 Å². The highest BCUT2D eigenvalue weighted by molar-refractivity contribution is 6.30. The Morgan fingerprint density at radius 3 is 2.88 bits per heavy atom. The molecule has 0 bridgehead atoms. The highest BCUT2D eigenvalue weighted by Gasteiger charge is 2.51. The van der Waals surface area contributed by atoms with Gasteiger partial charge in [0, 0.05) is 30.6 Å². The zero-order valence-corrected chi connectivity index (χ0v) is 11.3. The number of halogens is 1. The Balaban J connectivity index is 2.00. The molecule has 1 aromatic carbocycles. The largest absolute Gasteiger partial charge is 0.383 e. The molecule has 0 spiro atoms. The summed E-state index contributed by atoms with van der Waals surface area (Å²) >= 11 is 6.07. The second-order valence-corrected chi connectivity index (χ2v) is 5.38. The van der Waals surface area contributed by atoms with E-state index in [-0.39, 0.29) is 0 Å². The van der Waals surface area contributed by atoms with Crippen LogP contribution in [0.25, 0.3) is 0 Å². The van der Waals surface area contributed by atoms with Crippen molar-refractivity contribution >= 4 is 11.6 Å². The normalized spacial score (nSPS) is 27.1. The molecule has 0 amide bonds. The Kier molecular flexibility index (Phi) is 4.08. The van der Waals surface area contributed by atoms with E-state index in [0.29, 0.717) is 5.41 Å². The Labute approximate surface area is 108 Å². The molecule has 0 radical (unpaired) electrons. The van der Waals surface area contributed by atoms with Gasteiger partial charge >= 0.3 is 0 Å². The van der Waals surface area contributed by atoms with Crippen molar-refractivity contribution in [1.82, 2.24) is 5.32 Å². The molecule has 1 aliphatic rings. The summed E-state index contributed by atoms with van der Waals surface area (Å²) in [7, 11) is 1.73. The molecule has 0 heterocycles. The number of ether oxygens (including phenoxy) is 1. The van der Waals surface area contributed by atoms with Gasteiger partial charge in [-0.05, 0) is 30.0 Å². The summed E-state index contributed by atoms with van der Waals surface area (Å²) in [6, 6.07) is 8.26. The fourth-order valence-corrected chi connectivity index (χ4v) is 2.71. The van der Waals surface area contributed by atoms with Crippen LogP contribution in [0.2, 0.25) is 5.02 Å². The van der Waals surface area contributed by atoms with Gasteiger partial charge in [-0.25, -0.2) is 0 Å². The predicted molar refractivity (Wildman–Crippen MR) is 71.7 cm³/mol. The highest BCUT2D eigenvalue weighted by Crippen LogP contribution is 2.53. The average Bonchev–Trinajstić information content (AvgIpc) is 2.97. The van der Waals surface area contributed by atoms with E-state index in [1.165, 1.54) is 12.0 Å². The van der Waals surface area contributed by atoms with Gasteiger partial charge in [-0.15, -0.1) is 0 Å². The molecule has 2 rings (SSSR count). The molecule has 1 N–H and O–H groups in total. The lowest BCUT2D eigenvalue weighted by Gasteiger charge is -2.18. The van der Waals surface area contributed by atoms with Crippen molar-refractivity contribution in [3.05, 3.63) is 34.9 Å². The highest BCUT2D eigenvalue weighted by atomic mass is 35.5. The molecule has 2 nitrogen and oxygen atoms in total. The maximum Gasteiger partial charge on any atom is 0.0587 e. The number of hydrogen-bond acceptors (Lipinski definition) is 2. The van der Waals surface area contributed by atoms with Crippen LogP contribution in [0.1, 0.15) is 18.9 Å². The van der Waals surface area contributed by atoms with E-state index in [1.54, 1.807) is 7.11 Å². The predicted octanol–water partition coefficient (Wildman–Crippen LogP) is 2.85. The number of benzene rings is 1. The SMILES string of the molecule is COCCNCC1(c2cccc(Cl)c2)CC1C. The molecule has 0 aliphatic heterocycles. The van der Waals surface area contributed by atoms with Crippen LogP contribution in [-0.4, -0.2) is 26.8 Å². The van der Waals surface area contributed by atoms with Crippen molar-refractivity contribution in [1.29, 1.82) is 0 Å². The van der Waals surface area contributed by atoms with Gasteiger partial charge in [0.15, 0.2) is 0 Å². The lowest BCUT2D eigenvalue weighted by molar-refractivity contribution is 0.198. The van der Waals surface area contributed by atoms with Crippen LogP contribution in [0.3, 0.4) is 0 Å². The number of nitrogens with one attached hydrogen (secondary N) is 1. The summed E-state index contributed by atoms with van der Waals surface area (Å²) in [5, 5.41) is 4.30. The van der Waals surface area contributed by atoms with Gasteiger partial charge in [0.05, 0.1) is 6.61 Å². The van der Waals surface area contributed by atoms with Crippen LogP contribution in [-0.2, 0) is 10.2 Å². The Morgan fingerprint density at radius 1 is 1.53 bits per heavy atom. The Morgan fingerprint density at radius 2 is 2.29 bits per heavy atom. The van der Waals surface area contributed by atoms with Crippen LogP contribution in [0.5, 0.6) is 0 Å². The summed E-state index contributed by atoms with van der Waals surface area (Å²) < 4.78 is 5.05. The summed E-state index contributed by atoms with van der Waals surface area (Å²) in [6.07, 6.45) is 1.24. The summed E-state index contributed by atoms with van der Waals surface area (Å²) in [5.41, 5.74) is 1.65. The summed E-state index contributed by atoms with van der Waals surface area (Å²) in [5.74, 6) is 0.732. The minimum absolute atomic E-state index is 0.290. The summed E-state index contributed by atoms with van der Waals surface area (Å²) in [4.78, 5) is 0. The first kappa shape index (κ1) is 12.9. The van der Waals surface area contributed by atoms with Gasteiger partial charge in [-0.2, -0.15) is 0 Å². The number of rotatable bonds is 6. The number of methoxy groups -OCH3 is 1. The van der Waals surface area contributed by atoms with Crippen LogP contribution in [0.15, 0.2) is 24.3 Å². The lowest BCUT2D eigenvalue weighted by Crippen LogP contribution is -2.30. The van der Waals surface area contributed by atoms with Crippen molar-refractivity contribution in [2.45, 2.75) is 18.8 Å². The number of hydrogen-bond donors (Lipinski definition) is 1. The van der Waals surface area contributed by atoms with E-state index < -0.39 is 0 Å². The Bertz CT molecular complexity index is 382. The van der Waals surface area contributed by atoms with Crippen molar-refractivity contribution in [2.24, 2.45) is 5.92 Å². The van der Waals surface area contributed by atoms with Crippen molar-refractivity contribution < 1.29 is 4.74 Å². The fraction of sp³-hybridized carbons (Fsp3) is 0.571. The van der Waals surface area contributed by atoms with Crippen LogP contribution < -0.4 is 5.32 Å². The van der Waals surface area contributed by atoms with Gasteiger partial charge in [0.25, 0.3) is 0 Å². The van der Waals surface area contributed by atoms with E-state index in [9.17, 15) is 0 Å². The first-order valence-corrected chi connectivity index (χ1v) is 6.52. The minimum Gasteiger partial charge on any atom is -0.383 e. The molecule has 94 valence electrons. The van der Waals surface area contributed by atoms with Crippen LogP contribution in [0, 0.1) is 5.92 Å². The maximum atomic E-state index is 6.07. The van der Waals surface area contributed by atoms with Crippen molar-refractivity contribution in [2.75, 3.05) is 26.8 Å². The van der Waals surface area contributed by atoms with E-state index in [1.807, 2.05) is 12.1 Å². The zero-order valence-electron chi connectivity index (χ0n) is 10.5. The molecule has 0 aromatic heterocycles. The molecule has 1 aromatic rings. The van der Waals surface area contributed by atoms with Gasteiger partial charge in [-0.1, -0.05) is 30.7 Å². The van der Waals surface area contributed by atoms with E-state index in [2.05, 4.69) is 24.4 Å².